The zero-order valence-electron chi connectivity index (χ0n) is 11.7. The lowest BCUT2D eigenvalue weighted by molar-refractivity contribution is 0.00489. The van der Waals surface area contributed by atoms with Crippen molar-refractivity contribution in [2.24, 2.45) is 0 Å². The summed E-state index contributed by atoms with van der Waals surface area (Å²) in [5.41, 5.74) is 1.56. The standard InChI is InChI=1S/C16H23NOS/c1-2-18-14-6-5-9-17(11-14)10-13-12-19-16-8-4-3-7-15(13)16/h3-4,7-8,13-14H,2,5-6,9-12H2,1H3. The van der Waals surface area contributed by atoms with Crippen molar-refractivity contribution in [1.82, 2.24) is 4.90 Å². The summed E-state index contributed by atoms with van der Waals surface area (Å²) in [5.74, 6) is 1.95. The Morgan fingerprint density at radius 2 is 2.26 bits per heavy atom. The number of benzene rings is 1. The summed E-state index contributed by atoms with van der Waals surface area (Å²) < 4.78 is 5.80. The van der Waals surface area contributed by atoms with Crippen LogP contribution in [0.25, 0.3) is 0 Å². The zero-order valence-corrected chi connectivity index (χ0v) is 12.5. The predicted molar refractivity (Wildman–Crippen MR) is 81.0 cm³/mol. The predicted octanol–water partition coefficient (Wildman–Crippen LogP) is 3.38. The highest BCUT2D eigenvalue weighted by molar-refractivity contribution is 7.99. The summed E-state index contributed by atoms with van der Waals surface area (Å²) in [5, 5.41) is 0. The third-order valence-electron chi connectivity index (χ3n) is 4.14. The van der Waals surface area contributed by atoms with Gasteiger partial charge in [-0.2, -0.15) is 0 Å². The first-order chi connectivity index (χ1) is 9.36. The third kappa shape index (κ3) is 3.15. The molecule has 2 nitrogen and oxygen atoms in total. The highest BCUT2D eigenvalue weighted by Crippen LogP contribution is 2.39. The maximum atomic E-state index is 5.80. The SMILES string of the molecule is CCOC1CCCN(CC2CSc3ccccc32)C1. The molecule has 0 radical (unpaired) electrons. The van der Waals surface area contributed by atoms with Gasteiger partial charge in [-0.3, -0.25) is 0 Å². The lowest BCUT2D eigenvalue weighted by Gasteiger charge is -2.34. The quantitative estimate of drug-likeness (QED) is 0.837. The summed E-state index contributed by atoms with van der Waals surface area (Å²) in [7, 11) is 0. The topological polar surface area (TPSA) is 12.5 Å². The van der Waals surface area contributed by atoms with Crippen LogP contribution in [0.1, 0.15) is 31.2 Å². The molecule has 1 aromatic rings. The Bertz CT molecular complexity index is 421. The van der Waals surface area contributed by atoms with Crippen molar-refractivity contribution in [2.45, 2.75) is 36.7 Å². The summed E-state index contributed by atoms with van der Waals surface area (Å²) in [6.45, 7) is 6.51. The van der Waals surface area contributed by atoms with Crippen LogP contribution in [0.4, 0.5) is 0 Å². The molecule has 3 rings (SSSR count). The van der Waals surface area contributed by atoms with Gasteiger partial charge in [-0.1, -0.05) is 18.2 Å². The van der Waals surface area contributed by atoms with Crippen LogP contribution in [0.3, 0.4) is 0 Å². The zero-order chi connectivity index (χ0) is 13.1. The molecule has 0 saturated carbocycles. The maximum Gasteiger partial charge on any atom is 0.0702 e. The molecule has 1 fully saturated rings. The fraction of sp³-hybridized carbons (Fsp3) is 0.625. The van der Waals surface area contributed by atoms with Crippen LogP contribution in [-0.4, -0.2) is 43.0 Å². The number of hydrogen-bond acceptors (Lipinski definition) is 3. The van der Waals surface area contributed by atoms with Gasteiger partial charge in [-0.15, -0.1) is 11.8 Å². The molecule has 3 heteroatoms. The Morgan fingerprint density at radius 1 is 1.37 bits per heavy atom. The normalized spacial score (nSPS) is 27.4. The second kappa shape index (κ2) is 6.29. The first-order valence-electron chi connectivity index (χ1n) is 7.42. The van der Waals surface area contributed by atoms with Crippen LogP contribution in [0.2, 0.25) is 0 Å². The molecule has 0 amide bonds. The monoisotopic (exact) mass is 277 g/mol. The van der Waals surface area contributed by atoms with E-state index in [1.54, 1.807) is 5.56 Å². The van der Waals surface area contributed by atoms with E-state index in [1.807, 2.05) is 11.8 Å². The molecule has 0 spiro atoms. The number of likely N-dealkylation sites (tertiary alicyclic amines) is 1. The Kier molecular flexibility index (Phi) is 4.46. The highest BCUT2D eigenvalue weighted by atomic mass is 32.2. The summed E-state index contributed by atoms with van der Waals surface area (Å²) in [6, 6.07) is 8.90. The van der Waals surface area contributed by atoms with Gasteiger partial charge in [-0.05, 0) is 37.9 Å². The second-order valence-electron chi connectivity index (χ2n) is 5.52. The van der Waals surface area contributed by atoms with E-state index in [0.29, 0.717) is 12.0 Å². The van der Waals surface area contributed by atoms with Crippen molar-refractivity contribution >= 4 is 11.8 Å². The fourth-order valence-corrected chi connectivity index (χ4v) is 4.48. The van der Waals surface area contributed by atoms with Gasteiger partial charge < -0.3 is 9.64 Å². The minimum Gasteiger partial charge on any atom is -0.377 e. The summed E-state index contributed by atoms with van der Waals surface area (Å²) in [4.78, 5) is 4.10. The largest absolute Gasteiger partial charge is 0.377 e. The average molecular weight is 277 g/mol. The number of hydrogen-bond donors (Lipinski definition) is 0. The van der Waals surface area contributed by atoms with E-state index in [9.17, 15) is 0 Å². The van der Waals surface area contributed by atoms with Crippen molar-refractivity contribution in [1.29, 1.82) is 0 Å². The van der Waals surface area contributed by atoms with E-state index in [-0.39, 0.29) is 0 Å². The molecular weight excluding hydrogens is 254 g/mol. The summed E-state index contributed by atoms with van der Waals surface area (Å²) >= 11 is 2.02. The van der Waals surface area contributed by atoms with Crippen molar-refractivity contribution in [3.05, 3.63) is 29.8 Å². The molecule has 1 aromatic carbocycles. The van der Waals surface area contributed by atoms with E-state index in [4.69, 9.17) is 4.74 Å². The first-order valence-corrected chi connectivity index (χ1v) is 8.41. The fourth-order valence-electron chi connectivity index (χ4n) is 3.24. The van der Waals surface area contributed by atoms with Crippen molar-refractivity contribution in [3.63, 3.8) is 0 Å². The highest BCUT2D eigenvalue weighted by Gasteiger charge is 2.27. The van der Waals surface area contributed by atoms with E-state index < -0.39 is 0 Å². The van der Waals surface area contributed by atoms with Gasteiger partial charge in [0.15, 0.2) is 0 Å². The molecule has 104 valence electrons. The third-order valence-corrected chi connectivity index (χ3v) is 5.39. The van der Waals surface area contributed by atoms with Crippen LogP contribution in [0.15, 0.2) is 29.2 Å². The molecule has 2 unspecified atom stereocenters. The molecule has 2 aliphatic heterocycles. The minimum atomic E-state index is 0.461. The lowest BCUT2D eigenvalue weighted by atomic mass is 9.99. The average Bonchev–Trinajstić information content (AvgIpc) is 2.83. The molecule has 2 heterocycles. The molecule has 0 aliphatic carbocycles. The summed E-state index contributed by atoms with van der Waals surface area (Å²) in [6.07, 6.45) is 2.98. The molecule has 2 atom stereocenters. The van der Waals surface area contributed by atoms with Crippen molar-refractivity contribution in [3.8, 4) is 0 Å². The van der Waals surface area contributed by atoms with E-state index in [1.165, 1.54) is 36.6 Å². The molecular formula is C16H23NOS. The molecule has 0 bridgehead atoms. The molecule has 2 aliphatic rings. The number of ether oxygens (including phenoxy) is 1. The molecule has 1 saturated heterocycles. The van der Waals surface area contributed by atoms with Gasteiger partial charge in [0.25, 0.3) is 0 Å². The van der Waals surface area contributed by atoms with Crippen molar-refractivity contribution in [2.75, 3.05) is 32.0 Å². The van der Waals surface area contributed by atoms with Gasteiger partial charge in [0.05, 0.1) is 6.10 Å². The number of piperidine rings is 1. The Hall–Kier alpha value is -0.510. The van der Waals surface area contributed by atoms with Crippen LogP contribution in [0.5, 0.6) is 0 Å². The van der Waals surface area contributed by atoms with E-state index >= 15 is 0 Å². The van der Waals surface area contributed by atoms with Gasteiger partial charge in [-0.25, -0.2) is 0 Å². The minimum absolute atomic E-state index is 0.461. The Balaban J connectivity index is 1.60. The van der Waals surface area contributed by atoms with E-state index in [2.05, 4.69) is 36.1 Å². The molecule has 0 N–H and O–H groups in total. The number of fused-ring (bicyclic) bond motifs is 1. The van der Waals surface area contributed by atoms with Gasteiger partial charge >= 0.3 is 0 Å². The van der Waals surface area contributed by atoms with Gasteiger partial charge in [0.2, 0.25) is 0 Å². The number of nitrogens with zero attached hydrogens (tertiary/aromatic N) is 1. The smallest absolute Gasteiger partial charge is 0.0702 e. The first kappa shape index (κ1) is 13.5. The number of thioether (sulfide) groups is 1. The number of rotatable bonds is 4. The Morgan fingerprint density at radius 3 is 3.16 bits per heavy atom. The second-order valence-corrected chi connectivity index (χ2v) is 6.59. The molecule has 19 heavy (non-hydrogen) atoms. The van der Waals surface area contributed by atoms with E-state index in [0.717, 1.165) is 13.2 Å². The molecule has 0 aromatic heterocycles. The van der Waals surface area contributed by atoms with Crippen LogP contribution in [0, 0.1) is 0 Å². The lowest BCUT2D eigenvalue weighted by Crippen LogP contribution is -2.41. The van der Waals surface area contributed by atoms with Crippen LogP contribution >= 0.6 is 11.8 Å². The van der Waals surface area contributed by atoms with Gasteiger partial charge in [0, 0.05) is 36.3 Å². The Labute approximate surface area is 120 Å². The van der Waals surface area contributed by atoms with Crippen LogP contribution in [-0.2, 0) is 4.74 Å². The van der Waals surface area contributed by atoms with Crippen molar-refractivity contribution < 1.29 is 4.74 Å². The van der Waals surface area contributed by atoms with Crippen LogP contribution < -0.4 is 0 Å². The maximum absolute atomic E-state index is 5.80. The van der Waals surface area contributed by atoms with Gasteiger partial charge in [0.1, 0.15) is 0 Å².